The number of ether oxygens (including phenoxy) is 1. The summed E-state index contributed by atoms with van der Waals surface area (Å²) in [7, 11) is -1.28. The van der Waals surface area contributed by atoms with E-state index >= 15 is 0 Å². The molecule has 3 heterocycles. The van der Waals surface area contributed by atoms with Crippen molar-refractivity contribution in [3.8, 4) is 5.75 Å². The molecule has 1 fully saturated rings. The smallest absolute Gasteiger partial charge is 0.418 e. The monoisotopic (exact) mass is 572 g/mol. The van der Waals surface area contributed by atoms with Gasteiger partial charge in [0.1, 0.15) is 11.4 Å². The van der Waals surface area contributed by atoms with E-state index in [0.717, 1.165) is 0 Å². The van der Waals surface area contributed by atoms with Crippen LogP contribution < -0.4 is 10.1 Å². The van der Waals surface area contributed by atoms with Crippen LogP contribution in [0.1, 0.15) is 55.0 Å². The molecule has 0 unspecified atom stereocenters. The Hall–Kier alpha value is -4.10. The predicted octanol–water partition coefficient (Wildman–Crippen LogP) is 4.48. The van der Waals surface area contributed by atoms with Gasteiger partial charge in [0.05, 0.1) is 46.5 Å². The van der Waals surface area contributed by atoms with Crippen LogP contribution in [0.3, 0.4) is 0 Å². The standard InChI is InChI=1S/C26H25F6N5O3/c1-14-16(5-4-6-21(14)40-3)23-18(35-24(39)20-7-9-34-36(20)2)8-10-37(23)22(38)12-19-17(26(30,31)32)11-15(13-33-19)25(27,28)29/h4-7,9,11,13,18,23H,8,10,12H2,1-3H3,(H,35,39)/t18-,23-/m1/s1/i3D3. The fraction of sp³-hybridized carbons (Fsp3) is 0.385. The van der Waals surface area contributed by atoms with Crippen LogP contribution in [0.15, 0.2) is 42.7 Å². The normalized spacial score (nSPS) is 19.1. The molecule has 1 aromatic carbocycles. The lowest BCUT2D eigenvalue weighted by atomic mass is 9.94. The lowest BCUT2D eigenvalue weighted by molar-refractivity contribution is -0.144. The van der Waals surface area contributed by atoms with E-state index in [1.54, 1.807) is 6.07 Å². The number of methoxy groups -OCH3 is 1. The number of nitrogens with zero attached hydrogens (tertiary/aromatic N) is 4. The summed E-state index contributed by atoms with van der Waals surface area (Å²) in [6.07, 6.45) is -9.53. The number of aromatic nitrogens is 3. The third-order valence-corrected chi connectivity index (χ3v) is 6.76. The fourth-order valence-electron chi connectivity index (χ4n) is 4.79. The van der Waals surface area contributed by atoms with E-state index in [1.807, 2.05) is 0 Å². The van der Waals surface area contributed by atoms with Crippen LogP contribution >= 0.6 is 0 Å². The molecule has 2 aromatic heterocycles. The summed E-state index contributed by atoms with van der Waals surface area (Å²) in [6, 6.07) is 3.96. The van der Waals surface area contributed by atoms with Crippen molar-refractivity contribution in [3.05, 3.63) is 76.4 Å². The summed E-state index contributed by atoms with van der Waals surface area (Å²) >= 11 is 0. The zero-order chi connectivity index (χ0) is 31.9. The minimum atomic E-state index is -5.23. The van der Waals surface area contributed by atoms with Gasteiger partial charge in [-0.15, -0.1) is 0 Å². The van der Waals surface area contributed by atoms with Crippen LogP contribution in [0, 0.1) is 6.92 Å². The number of pyridine rings is 1. The van der Waals surface area contributed by atoms with Crippen molar-refractivity contribution < 1.29 is 44.8 Å². The van der Waals surface area contributed by atoms with Crippen molar-refractivity contribution in [3.63, 3.8) is 0 Å². The first-order valence-electron chi connectivity index (χ1n) is 13.4. The van der Waals surface area contributed by atoms with Gasteiger partial charge < -0.3 is 15.0 Å². The maximum Gasteiger partial charge on any atom is 0.418 e. The second-order valence-electron chi connectivity index (χ2n) is 9.20. The van der Waals surface area contributed by atoms with Crippen molar-refractivity contribution in [2.45, 2.75) is 44.2 Å². The van der Waals surface area contributed by atoms with E-state index in [-0.39, 0.29) is 36.7 Å². The van der Waals surface area contributed by atoms with E-state index in [1.165, 1.54) is 47.9 Å². The molecule has 40 heavy (non-hydrogen) atoms. The molecule has 0 spiro atoms. The van der Waals surface area contributed by atoms with Crippen molar-refractivity contribution >= 4 is 11.8 Å². The zero-order valence-corrected chi connectivity index (χ0v) is 21.1. The van der Waals surface area contributed by atoms with E-state index in [0.29, 0.717) is 11.1 Å². The van der Waals surface area contributed by atoms with Gasteiger partial charge in [-0.1, -0.05) is 12.1 Å². The van der Waals surface area contributed by atoms with Gasteiger partial charge in [-0.2, -0.15) is 31.4 Å². The molecule has 0 aliphatic carbocycles. The molecule has 14 heteroatoms. The van der Waals surface area contributed by atoms with E-state index in [4.69, 9.17) is 8.85 Å². The number of alkyl halides is 6. The molecule has 0 radical (unpaired) electrons. The fourth-order valence-corrected chi connectivity index (χ4v) is 4.79. The number of hydrogen-bond donors (Lipinski definition) is 1. The number of amides is 2. The summed E-state index contributed by atoms with van der Waals surface area (Å²) in [5.74, 6) is -1.50. The number of carbonyl (C=O) groups excluding carboxylic acids is 2. The maximum atomic E-state index is 13.7. The number of halogens is 6. The first-order chi connectivity index (χ1) is 19.9. The van der Waals surface area contributed by atoms with Crippen LogP contribution in [0.2, 0.25) is 0 Å². The Balaban J connectivity index is 1.72. The van der Waals surface area contributed by atoms with Gasteiger partial charge in [-0.05, 0) is 42.7 Å². The highest BCUT2D eigenvalue weighted by atomic mass is 19.4. The van der Waals surface area contributed by atoms with Crippen molar-refractivity contribution in [1.29, 1.82) is 0 Å². The topological polar surface area (TPSA) is 89.4 Å². The summed E-state index contributed by atoms with van der Waals surface area (Å²) in [4.78, 5) is 31.1. The summed E-state index contributed by atoms with van der Waals surface area (Å²) < 4.78 is 109. The second-order valence-corrected chi connectivity index (χ2v) is 9.20. The highest BCUT2D eigenvalue weighted by Crippen LogP contribution is 2.39. The van der Waals surface area contributed by atoms with Crippen LogP contribution in [-0.2, 0) is 30.6 Å². The summed E-state index contributed by atoms with van der Waals surface area (Å²) in [5.41, 5.74) is -3.39. The quantitative estimate of drug-likeness (QED) is 0.440. The predicted molar refractivity (Wildman–Crippen MR) is 129 cm³/mol. The molecule has 4 rings (SSSR count). The van der Waals surface area contributed by atoms with Crippen molar-refractivity contribution in [1.82, 2.24) is 25.0 Å². The van der Waals surface area contributed by atoms with Gasteiger partial charge in [-0.3, -0.25) is 19.3 Å². The van der Waals surface area contributed by atoms with Crippen LogP contribution in [0.25, 0.3) is 0 Å². The Bertz CT molecular complexity index is 1520. The Kier molecular flexibility index (Phi) is 6.73. The number of aryl methyl sites for hydroxylation is 1. The summed E-state index contributed by atoms with van der Waals surface area (Å²) in [5, 5.41) is 6.75. The van der Waals surface area contributed by atoms with Crippen LogP contribution in [-0.4, -0.2) is 51.1 Å². The number of rotatable bonds is 6. The first kappa shape index (κ1) is 24.9. The molecule has 1 N–H and O–H groups in total. The van der Waals surface area contributed by atoms with Gasteiger partial charge in [0.15, 0.2) is 0 Å². The minimum Gasteiger partial charge on any atom is -0.496 e. The molecule has 1 saturated heterocycles. The average molecular weight is 573 g/mol. The molecule has 0 bridgehead atoms. The minimum absolute atomic E-state index is 0.0442. The highest BCUT2D eigenvalue weighted by molar-refractivity contribution is 5.93. The number of carbonyl (C=O) groups is 2. The molecule has 3 aromatic rings. The molecule has 2 amide bonds. The number of hydrogen-bond acceptors (Lipinski definition) is 5. The lowest BCUT2D eigenvalue weighted by Crippen LogP contribution is -2.42. The largest absolute Gasteiger partial charge is 0.496 e. The molecule has 214 valence electrons. The maximum absolute atomic E-state index is 13.7. The first-order valence-corrected chi connectivity index (χ1v) is 11.9. The van der Waals surface area contributed by atoms with Gasteiger partial charge in [0, 0.05) is 26.0 Å². The van der Waals surface area contributed by atoms with Crippen LogP contribution in [0.4, 0.5) is 26.3 Å². The molecule has 0 saturated carbocycles. The molecule has 2 atom stereocenters. The Morgan fingerprint density at radius 3 is 2.55 bits per heavy atom. The molecular weight excluding hydrogens is 544 g/mol. The molecule has 1 aliphatic heterocycles. The molecular formula is C26H25F6N5O3. The van der Waals surface area contributed by atoms with Gasteiger partial charge in [0.25, 0.3) is 5.91 Å². The molecule has 1 aliphatic rings. The number of nitrogens with one attached hydrogen (secondary N) is 1. The van der Waals surface area contributed by atoms with Gasteiger partial charge in [-0.25, -0.2) is 0 Å². The average Bonchev–Trinajstić information content (AvgIpc) is 3.49. The SMILES string of the molecule is [2H]C([2H])([2H])Oc1cccc([C@@H]2[C@H](NC(=O)c3ccnn3C)CCN2C(=O)Cc2ncc(C(F)(F)F)cc2C(F)(F)F)c1C. The number of benzene rings is 1. The second kappa shape index (κ2) is 10.8. The van der Waals surface area contributed by atoms with E-state index in [2.05, 4.69) is 15.4 Å². The van der Waals surface area contributed by atoms with Crippen molar-refractivity contribution in [2.75, 3.05) is 13.6 Å². The van der Waals surface area contributed by atoms with Crippen LogP contribution in [0.5, 0.6) is 5.75 Å². The number of likely N-dealkylation sites (tertiary alicyclic amines) is 1. The van der Waals surface area contributed by atoms with E-state index in [9.17, 15) is 35.9 Å². The van der Waals surface area contributed by atoms with Gasteiger partial charge in [0.2, 0.25) is 5.91 Å². The third-order valence-electron chi connectivity index (χ3n) is 6.76. The zero-order valence-electron chi connectivity index (χ0n) is 24.1. The van der Waals surface area contributed by atoms with Crippen molar-refractivity contribution in [2.24, 2.45) is 7.05 Å². The lowest BCUT2D eigenvalue weighted by Gasteiger charge is -2.31. The molecule has 8 nitrogen and oxygen atoms in total. The summed E-state index contributed by atoms with van der Waals surface area (Å²) in [6.45, 7) is 1.47. The highest BCUT2D eigenvalue weighted by Gasteiger charge is 2.43. The Labute approximate surface area is 229 Å². The Morgan fingerprint density at radius 1 is 1.18 bits per heavy atom. The van der Waals surface area contributed by atoms with E-state index < -0.39 is 66.5 Å². The Morgan fingerprint density at radius 2 is 1.93 bits per heavy atom. The van der Waals surface area contributed by atoms with Gasteiger partial charge >= 0.3 is 12.4 Å². The third kappa shape index (κ3) is 5.75.